The number of hydrogen-bond acceptors (Lipinski definition) is 4. The second-order valence-corrected chi connectivity index (χ2v) is 21.4. The minimum atomic E-state index is -0.146. The number of benzene rings is 8. The molecule has 0 saturated carbocycles. The summed E-state index contributed by atoms with van der Waals surface area (Å²) in [6, 6.07) is 58.6. The average Bonchev–Trinajstić information content (AvgIpc) is 3.87. The highest BCUT2D eigenvalue weighted by molar-refractivity contribution is 7.00. The molecule has 0 N–H and O–H groups in total. The zero-order chi connectivity index (χ0) is 44.7. The molecule has 4 heterocycles. The van der Waals surface area contributed by atoms with Gasteiger partial charge in [0.2, 0.25) is 0 Å². The molecule has 0 saturated heterocycles. The van der Waals surface area contributed by atoms with Crippen LogP contribution < -0.4 is 26.2 Å². The third-order valence-electron chi connectivity index (χ3n) is 14.1. The first-order chi connectivity index (χ1) is 31.1. The fraction of sp³-hybridized carbons (Fsp3) is 0.200. The molecule has 8 aromatic carbocycles. The van der Waals surface area contributed by atoms with E-state index in [0.29, 0.717) is 0 Å². The maximum atomic E-state index is 6.58. The van der Waals surface area contributed by atoms with Crippen LogP contribution in [0.25, 0.3) is 55.0 Å². The quantitative estimate of drug-likeness (QED) is 0.166. The van der Waals surface area contributed by atoms with Crippen molar-refractivity contribution in [3.63, 3.8) is 0 Å². The number of furan rings is 2. The minimum Gasteiger partial charge on any atom is -0.456 e. The fourth-order valence-electron chi connectivity index (χ4n) is 10.6. The van der Waals surface area contributed by atoms with E-state index in [1.54, 1.807) is 0 Å². The predicted octanol–water partition coefficient (Wildman–Crippen LogP) is 15.1. The summed E-state index contributed by atoms with van der Waals surface area (Å²) in [5, 5.41) is 4.53. The second-order valence-electron chi connectivity index (χ2n) is 21.4. The number of anilines is 6. The van der Waals surface area contributed by atoms with Gasteiger partial charge in [-0.1, -0.05) is 153 Å². The van der Waals surface area contributed by atoms with E-state index in [9.17, 15) is 0 Å². The van der Waals surface area contributed by atoms with Gasteiger partial charge in [-0.05, 0) is 127 Å². The Hall–Kier alpha value is -6.98. The van der Waals surface area contributed by atoms with Crippen molar-refractivity contribution in [3.8, 4) is 11.1 Å². The van der Waals surface area contributed by atoms with E-state index in [1.165, 1.54) is 61.4 Å². The molecule has 0 radical (unpaired) electrons. The number of nitrogens with zero attached hydrogens (tertiary/aromatic N) is 2. The second kappa shape index (κ2) is 13.8. The molecule has 5 heteroatoms. The van der Waals surface area contributed by atoms with E-state index in [-0.39, 0.29) is 23.0 Å². The summed E-state index contributed by atoms with van der Waals surface area (Å²) in [4.78, 5) is 5.12. The molecule has 0 unspecified atom stereocenters. The molecule has 4 nitrogen and oxygen atoms in total. The van der Waals surface area contributed by atoms with Crippen LogP contribution in [-0.2, 0) is 16.2 Å². The van der Waals surface area contributed by atoms with Gasteiger partial charge >= 0.3 is 0 Å². The SMILES string of the molecule is CC(C)(C)c1ccc2c(c1)B1c3ccc(C(C)(C)C)cc3N(c3ccc(-c4cccc5oc6ccccc6c45)cc3)c3cc(C(C)(C)C)cc(c31)N2c1cccc2oc3ccccc3c12. The number of hydrogen-bond donors (Lipinski definition) is 0. The van der Waals surface area contributed by atoms with E-state index in [1.807, 2.05) is 6.07 Å². The molecule has 10 aromatic rings. The van der Waals surface area contributed by atoms with E-state index >= 15 is 0 Å². The molecule has 0 amide bonds. The van der Waals surface area contributed by atoms with Gasteiger partial charge in [-0.15, -0.1) is 0 Å². The highest BCUT2D eigenvalue weighted by Crippen LogP contribution is 2.50. The maximum absolute atomic E-state index is 6.58. The molecule has 65 heavy (non-hydrogen) atoms. The standard InChI is InChI=1S/C60H53BN2O2/c1-58(2,3)37-27-31-46-45(32-37)61-44-30-26-38(59(4,5)6)33-48(44)62(40-28-24-36(25-29-40)41-18-14-22-53-55(41)42-16-10-12-20-51(42)64-53)49-34-39(60(7,8)9)35-50(57(49)61)63(46)47-19-15-23-54-56(47)43-17-11-13-21-52(43)65-54/h10-35H,1-9H3. The Bertz CT molecular complexity index is 3570. The third-order valence-corrected chi connectivity index (χ3v) is 14.1. The minimum absolute atomic E-state index is 0.00520. The number of rotatable bonds is 3. The van der Waals surface area contributed by atoms with Crippen molar-refractivity contribution in [3.05, 3.63) is 174 Å². The first-order valence-electron chi connectivity index (χ1n) is 23.1. The van der Waals surface area contributed by atoms with Crippen LogP contribution in [0.5, 0.6) is 0 Å². The topological polar surface area (TPSA) is 32.8 Å². The van der Waals surface area contributed by atoms with Gasteiger partial charge in [0.1, 0.15) is 22.3 Å². The summed E-state index contributed by atoms with van der Waals surface area (Å²) in [5.41, 5.74) is 20.6. The van der Waals surface area contributed by atoms with Gasteiger partial charge in [-0.2, -0.15) is 0 Å². The molecule has 0 fully saturated rings. The molecular formula is C60H53BN2O2. The first kappa shape index (κ1) is 39.6. The van der Waals surface area contributed by atoms with Crippen LogP contribution in [0.3, 0.4) is 0 Å². The van der Waals surface area contributed by atoms with Crippen LogP contribution in [0.15, 0.2) is 167 Å². The van der Waals surface area contributed by atoms with Crippen LogP contribution >= 0.6 is 0 Å². The summed E-state index contributed by atoms with van der Waals surface area (Å²) in [6.45, 7) is 21.0. The number of fused-ring (bicyclic) bond motifs is 10. The van der Waals surface area contributed by atoms with Crippen LogP contribution in [0.2, 0.25) is 0 Å². The van der Waals surface area contributed by atoms with Gasteiger partial charge in [0.05, 0.1) is 11.1 Å². The molecule has 2 aliphatic rings. The highest BCUT2D eigenvalue weighted by atomic mass is 16.3. The molecule has 0 spiro atoms. The van der Waals surface area contributed by atoms with E-state index < -0.39 is 0 Å². The maximum Gasteiger partial charge on any atom is 0.252 e. The van der Waals surface area contributed by atoms with Crippen LogP contribution in [0, 0.1) is 0 Å². The third kappa shape index (κ3) is 6.04. The van der Waals surface area contributed by atoms with Crippen LogP contribution in [-0.4, -0.2) is 6.71 Å². The van der Waals surface area contributed by atoms with Crippen molar-refractivity contribution >= 4 is 101 Å². The van der Waals surface area contributed by atoms with Crippen molar-refractivity contribution in [1.82, 2.24) is 0 Å². The van der Waals surface area contributed by atoms with E-state index in [2.05, 4.69) is 224 Å². The summed E-state index contributed by atoms with van der Waals surface area (Å²) in [5.74, 6) is 0. The molecule has 318 valence electrons. The fourth-order valence-corrected chi connectivity index (χ4v) is 10.6. The van der Waals surface area contributed by atoms with E-state index in [4.69, 9.17) is 8.83 Å². The highest BCUT2D eigenvalue weighted by Gasteiger charge is 2.45. The molecule has 2 aromatic heterocycles. The predicted molar refractivity (Wildman–Crippen MR) is 277 cm³/mol. The molecule has 2 aliphatic heterocycles. The van der Waals surface area contributed by atoms with Crippen LogP contribution in [0.4, 0.5) is 34.1 Å². The van der Waals surface area contributed by atoms with E-state index in [0.717, 1.165) is 60.8 Å². The van der Waals surface area contributed by atoms with Crippen molar-refractivity contribution in [2.24, 2.45) is 0 Å². The lowest BCUT2D eigenvalue weighted by Gasteiger charge is -2.45. The smallest absolute Gasteiger partial charge is 0.252 e. The van der Waals surface area contributed by atoms with Gasteiger partial charge in [-0.3, -0.25) is 0 Å². The Labute approximate surface area is 382 Å². The van der Waals surface area contributed by atoms with Gasteiger partial charge in [0.15, 0.2) is 0 Å². The van der Waals surface area contributed by atoms with Crippen LogP contribution in [0.1, 0.15) is 79.0 Å². The summed E-state index contributed by atoms with van der Waals surface area (Å²) >= 11 is 0. The van der Waals surface area contributed by atoms with Crippen molar-refractivity contribution < 1.29 is 8.83 Å². The normalized spacial score (nSPS) is 13.8. The lowest BCUT2D eigenvalue weighted by Crippen LogP contribution is -2.61. The Morgan fingerprint density at radius 3 is 1.58 bits per heavy atom. The monoisotopic (exact) mass is 844 g/mol. The number of para-hydroxylation sites is 2. The molecule has 0 bridgehead atoms. The molecular weight excluding hydrogens is 791 g/mol. The van der Waals surface area contributed by atoms with Crippen molar-refractivity contribution in [1.29, 1.82) is 0 Å². The van der Waals surface area contributed by atoms with Crippen molar-refractivity contribution in [2.75, 3.05) is 9.80 Å². The van der Waals surface area contributed by atoms with Crippen molar-refractivity contribution in [2.45, 2.75) is 78.6 Å². The molecule has 0 atom stereocenters. The first-order valence-corrected chi connectivity index (χ1v) is 23.1. The van der Waals surface area contributed by atoms with Gasteiger partial charge in [0.25, 0.3) is 6.71 Å². The lowest BCUT2D eigenvalue weighted by molar-refractivity contribution is 0.589. The Balaban J connectivity index is 1.16. The summed E-state index contributed by atoms with van der Waals surface area (Å²) in [7, 11) is 0. The molecule has 12 rings (SSSR count). The Morgan fingerprint density at radius 2 is 0.923 bits per heavy atom. The Kier molecular flexibility index (Phi) is 8.39. The zero-order valence-electron chi connectivity index (χ0n) is 38.8. The Morgan fingerprint density at radius 1 is 0.385 bits per heavy atom. The van der Waals surface area contributed by atoms with Gasteiger partial charge < -0.3 is 18.6 Å². The molecule has 0 aliphatic carbocycles. The lowest BCUT2D eigenvalue weighted by atomic mass is 9.33. The van der Waals surface area contributed by atoms with Gasteiger partial charge in [-0.25, -0.2) is 0 Å². The average molecular weight is 845 g/mol. The summed E-state index contributed by atoms with van der Waals surface area (Å²) < 4.78 is 12.9. The van der Waals surface area contributed by atoms with Gasteiger partial charge in [0, 0.05) is 44.6 Å². The largest absolute Gasteiger partial charge is 0.456 e. The summed E-state index contributed by atoms with van der Waals surface area (Å²) in [6.07, 6.45) is 0. The zero-order valence-corrected chi connectivity index (χ0v) is 38.8.